The molecule has 2 N–H and O–H groups in total. The Bertz CT molecular complexity index is 557. The van der Waals surface area contributed by atoms with Crippen molar-refractivity contribution in [2.24, 2.45) is 0 Å². The summed E-state index contributed by atoms with van der Waals surface area (Å²) in [6, 6.07) is 12.2. The maximum absolute atomic E-state index is 13.2. The SMILES string of the molecule is CN(Cc1cc(N)ccc1Br)c1cccc(F)c1. The van der Waals surface area contributed by atoms with Crippen LogP contribution in [0.2, 0.25) is 0 Å². The summed E-state index contributed by atoms with van der Waals surface area (Å²) in [6.45, 7) is 0.662. The third-order valence-electron chi connectivity index (χ3n) is 2.73. The van der Waals surface area contributed by atoms with Crippen molar-refractivity contribution in [3.8, 4) is 0 Å². The second-order valence-corrected chi connectivity index (χ2v) is 5.04. The van der Waals surface area contributed by atoms with E-state index in [-0.39, 0.29) is 5.82 Å². The lowest BCUT2D eigenvalue weighted by atomic mass is 10.2. The van der Waals surface area contributed by atoms with Crippen molar-refractivity contribution in [3.05, 3.63) is 58.3 Å². The summed E-state index contributed by atoms with van der Waals surface area (Å²) in [5, 5.41) is 0. The quantitative estimate of drug-likeness (QED) is 0.874. The number of nitrogens with two attached hydrogens (primary N) is 1. The molecule has 0 radical (unpaired) electrons. The van der Waals surface area contributed by atoms with E-state index >= 15 is 0 Å². The van der Waals surface area contributed by atoms with Crippen LogP contribution in [0, 0.1) is 5.82 Å². The topological polar surface area (TPSA) is 29.3 Å². The minimum Gasteiger partial charge on any atom is -0.399 e. The molecule has 94 valence electrons. The van der Waals surface area contributed by atoms with Gasteiger partial charge < -0.3 is 10.6 Å². The second-order valence-electron chi connectivity index (χ2n) is 4.19. The second kappa shape index (κ2) is 5.40. The molecule has 0 aromatic heterocycles. The molecule has 2 aromatic carbocycles. The standard InChI is InChI=1S/C14H14BrFN2/c1-18(13-4-2-3-11(16)8-13)9-10-7-12(17)5-6-14(10)15/h2-8H,9,17H2,1H3. The minimum atomic E-state index is -0.231. The smallest absolute Gasteiger partial charge is 0.125 e. The van der Waals surface area contributed by atoms with Gasteiger partial charge >= 0.3 is 0 Å². The molecule has 2 aromatic rings. The maximum atomic E-state index is 13.2. The number of anilines is 2. The number of nitrogen functional groups attached to an aromatic ring is 1. The molecule has 2 nitrogen and oxygen atoms in total. The highest BCUT2D eigenvalue weighted by Gasteiger charge is 2.06. The van der Waals surface area contributed by atoms with Crippen LogP contribution in [0.4, 0.5) is 15.8 Å². The van der Waals surface area contributed by atoms with Crippen molar-refractivity contribution in [3.63, 3.8) is 0 Å². The van der Waals surface area contributed by atoms with E-state index in [1.54, 1.807) is 6.07 Å². The molecular weight excluding hydrogens is 295 g/mol. The highest BCUT2D eigenvalue weighted by atomic mass is 79.9. The van der Waals surface area contributed by atoms with Crippen LogP contribution in [-0.2, 0) is 6.54 Å². The summed E-state index contributed by atoms with van der Waals surface area (Å²) in [7, 11) is 1.92. The Labute approximate surface area is 114 Å². The summed E-state index contributed by atoms with van der Waals surface area (Å²) in [4.78, 5) is 1.97. The Morgan fingerprint density at radius 3 is 2.72 bits per heavy atom. The molecule has 0 aliphatic heterocycles. The van der Waals surface area contributed by atoms with E-state index in [2.05, 4.69) is 15.9 Å². The molecule has 18 heavy (non-hydrogen) atoms. The van der Waals surface area contributed by atoms with Crippen LogP contribution in [0.5, 0.6) is 0 Å². The first-order chi connectivity index (χ1) is 8.56. The molecule has 0 aliphatic rings. The Morgan fingerprint density at radius 1 is 1.22 bits per heavy atom. The van der Waals surface area contributed by atoms with Gasteiger partial charge in [0.25, 0.3) is 0 Å². The third-order valence-corrected chi connectivity index (χ3v) is 3.50. The van der Waals surface area contributed by atoms with Gasteiger partial charge in [0.05, 0.1) is 0 Å². The number of halogens is 2. The molecule has 0 amide bonds. The number of benzene rings is 2. The lowest BCUT2D eigenvalue weighted by Crippen LogP contribution is -2.16. The van der Waals surface area contributed by atoms with Gasteiger partial charge in [0.1, 0.15) is 5.82 Å². The van der Waals surface area contributed by atoms with Crippen molar-refractivity contribution in [2.45, 2.75) is 6.54 Å². The molecule has 4 heteroatoms. The van der Waals surface area contributed by atoms with E-state index in [9.17, 15) is 4.39 Å². The van der Waals surface area contributed by atoms with Crippen molar-refractivity contribution in [2.75, 3.05) is 17.7 Å². The molecule has 0 saturated carbocycles. The number of hydrogen-bond acceptors (Lipinski definition) is 2. The van der Waals surface area contributed by atoms with Crippen LogP contribution >= 0.6 is 15.9 Å². The van der Waals surface area contributed by atoms with Gasteiger partial charge in [-0.2, -0.15) is 0 Å². The summed E-state index contributed by atoms with van der Waals surface area (Å²) < 4.78 is 14.2. The van der Waals surface area contributed by atoms with Crippen molar-refractivity contribution >= 4 is 27.3 Å². The van der Waals surface area contributed by atoms with E-state index in [4.69, 9.17) is 5.73 Å². The van der Waals surface area contributed by atoms with Gasteiger partial charge in [0.2, 0.25) is 0 Å². The molecule has 0 aliphatic carbocycles. The molecular formula is C14H14BrFN2. The fraction of sp³-hybridized carbons (Fsp3) is 0.143. The molecule has 0 fully saturated rings. The van der Waals surface area contributed by atoms with Gasteiger partial charge in [0, 0.05) is 29.4 Å². The first-order valence-corrected chi connectivity index (χ1v) is 6.36. The molecule has 0 heterocycles. The van der Waals surface area contributed by atoms with Crippen LogP contribution in [0.15, 0.2) is 46.9 Å². The first-order valence-electron chi connectivity index (χ1n) is 5.57. The fourth-order valence-electron chi connectivity index (χ4n) is 1.78. The van der Waals surface area contributed by atoms with Gasteiger partial charge in [-0.1, -0.05) is 22.0 Å². The van der Waals surface area contributed by atoms with Gasteiger partial charge in [-0.05, 0) is 42.0 Å². The Hall–Kier alpha value is -1.55. The highest BCUT2D eigenvalue weighted by Crippen LogP contribution is 2.23. The average Bonchev–Trinajstić information content (AvgIpc) is 2.34. The zero-order chi connectivity index (χ0) is 13.1. The van der Waals surface area contributed by atoms with Crippen LogP contribution in [0.1, 0.15) is 5.56 Å². The monoisotopic (exact) mass is 308 g/mol. The molecule has 0 spiro atoms. The predicted octanol–water partition coefficient (Wildman–Crippen LogP) is 3.81. The van der Waals surface area contributed by atoms with Gasteiger partial charge in [-0.15, -0.1) is 0 Å². The van der Waals surface area contributed by atoms with Crippen molar-refractivity contribution < 1.29 is 4.39 Å². The van der Waals surface area contributed by atoms with Crippen molar-refractivity contribution in [1.29, 1.82) is 0 Å². The van der Waals surface area contributed by atoms with E-state index in [0.29, 0.717) is 6.54 Å². The van der Waals surface area contributed by atoms with E-state index in [0.717, 1.165) is 21.4 Å². The zero-order valence-electron chi connectivity index (χ0n) is 10.0. The largest absolute Gasteiger partial charge is 0.399 e. The third kappa shape index (κ3) is 3.01. The van der Waals surface area contributed by atoms with Gasteiger partial charge in [-0.3, -0.25) is 0 Å². The first kappa shape index (κ1) is 12.9. The predicted molar refractivity (Wildman–Crippen MR) is 77.1 cm³/mol. The van der Waals surface area contributed by atoms with Gasteiger partial charge in [0.15, 0.2) is 0 Å². The lowest BCUT2D eigenvalue weighted by Gasteiger charge is -2.20. The molecule has 0 unspecified atom stereocenters. The van der Waals surface area contributed by atoms with E-state index in [1.165, 1.54) is 12.1 Å². The number of rotatable bonds is 3. The minimum absolute atomic E-state index is 0.231. The summed E-state index contributed by atoms with van der Waals surface area (Å²) in [5.74, 6) is -0.231. The molecule has 2 rings (SSSR count). The number of nitrogens with zero attached hydrogens (tertiary/aromatic N) is 1. The summed E-state index contributed by atoms with van der Waals surface area (Å²) in [6.07, 6.45) is 0. The summed E-state index contributed by atoms with van der Waals surface area (Å²) in [5.41, 5.74) is 8.40. The average molecular weight is 309 g/mol. The molecule has 0 atom stereocenters. The zero-order valence-corrected chi connectivity index (χ0v) is 11.6. The Morgan fingerprint density at radius 2 is 2.00 bits per heavy atom. The Kier molecular flexibility index (Phi) is 3.87. The molecule has 0 saturated heterocycles. The maximum Gasteiger partial charge on any atom is 0.125 e. The highest BCUT2D eigenvalue weighted by molar-refractivity contribution is 9.10. The fourth-order valence-corrected chi connectivity index (χ4v) is 2.15. The van der Waals surface area contributed by atoms with E-state index < -0.39 is 0 Å². The lowest BCUT2D eigenvalue weighted by molar-refractivity contribution is 0.627. The van der Waals surface area contributed by atoms with Crippen LogP contribution < -0.4 is 10.6 Å². The van der Waals surface area contributed by atoms with Gasteiger partial charge in [-0.25, -0.2) is 4.39 Å². The van der Waals surface area contributed by atoms with E-state index in [1.807, 2.05) is 36.2 Å². The van der Waals surface area contributed by atoms with Crippen molar-refractivity contribution in [1.82, 2.24) is 0 Å². The van der Waals surface area contributed by atoms with Crippen LogP contribution in [0.25, 0.3) is 0 Å². The van der Waals surface area contributed by atoms with Crippen LogP contribution in [0.3, 0.4) is 0 Å². The van der Waals surface area contributed by atoms with Crippen LogP contribution in [-0.4, -0.2) is 7.05 Å². The normalized spacial score (nSPS) is 10.4. The number of hydrogen-bond donors (Lipinski definition) is 1. The summed E-state index contributed by atoms with van der Waals surface area (Å²) >= 11 is 3.49. The Balaban J connectivity index is 2.21. The molecule has 0 bridgehead atoms.